The maximum atomic E-state index is 12.1. The molecular weight excluding hydrogens is 456 g/mol. The van der Waals surface area contributed by atoms with Crippen molar-refractivity contribution in [2.45, 2.75) is 32.8 Å². The van der Waals surface area contributed by atoms with Crippen LogP contribution >= 0.6 is 0 Å². The fraction of sp³-hybridized carbons (Fsp3) is 0.407. The molecule has 5 rings (SSSR count). The number of rotatable bonds is 5. The van der Waals surface area contributed by atoms with Gasteiger partial charge in [-0.15, -0.1) is 0 Å². The fourth-order valence-electron chi connectivity index (χ4n) is 4.50. The summed E-state index contributed by atoms with van der Waals surface area (Å²) in [6.07, 6.45) is 3.68. The number of benzene rings is 1. The average Bonchev–Trinajstić information content (AvgIpc) is 2.91. The van der Waals surface area contributed by atoms with Crippen LogP contribution in [0.4, 0.5) is 17.3 Å². The summed E-state index contributed by atoms with van der Waals surface area (Å²) in [6.45, 7) is 7.78. The summed E-state index contributed by atoms with van der Waals surface area (Å²) in [6, 6.07) is 9.94. The lowest BCUT2D eigenvalue weighted by molar-refractivity contribution is -0.125. The van der Waals surface area contributed by atoms with Gasteiger partial charge >= 0.3 is 0 Å². The highest BCUT2D eigenvalue weighted by atomic mass is 16.5. The Morgan fingerprint density at radius 1 is 1.17 bits per heavy atom. The maximum absolute atomic E-state index is 12.1. The Morgan fingerprint density at radius 2 is 2.03 bits per heavy atom. The summed E-state index contributed by atoms with van der Waals surface area (Å²) in [7, 11) is 0. The number of aromatic nitrogens is 3. The van der Waals surface area contributed by atoms with Gasteiger partial charge in [0.2, 0.25) is 0 Å². The van der Waals surface area contributed by atoms with Crippen LogP contribution in [-0.4, -0.2) is 71.3 Å². The van der Waals surface area contributed by atoms with Gasteiger partial charge in [-0.25, -0.2) is 15.0 Å². The van der Waals surface area contributed by atoms with Crippen molar-refractivity contribution in [3.8, 4) is 17.6 Å². The number of hydrogen-bond acceptors (Lipinski definition) is 8. The SMILES string of the molecule is CC#CC(=O)N1CCN(c2ccc3ncnc(Nc4ccc(O[C@@H]5CCCOC5)c(C)c4)c3n2)CC1. The van der Waals surface area contributed by atoms with Gasteiger partial charge in [0.15, 0.2) is 5.82 Å². The summed E-state index contributed by atoms with van der Waals surface area (Å²) in [5, 5.41) is 3.40. The normalized spacial score (nSPS) is 17.9. The smallest absolute Gasteiger partial charge is 0.298 e. The lowest BCUT2D eigenvalue weighted by Gasteiger charge is -2.34. The molecule has 0 unspecified atom stereocenters. The topological polar surface area (TPSA) is 92.7 Å². The third-order valence-electron chi connectivity index (χ3n) is 6.44. The van der Waals surface area contributed by atoms with Crippen molar-refractivity contribution < 1.29 is 14.3 Å². The lowest BCUT2D eigenvalue weighted by atomic mass is 10.1. The minimum Gasteiger partial charge on any atom is -0.488 e. The second kappa shape index (κ2) is 10.8. The van der Waals surface area contributed by atoms with Crippen LogP contribution in [0, 0.1) is 18.8 Å². The second-order valence-corrected chi connectivity index (χ2v) is 8.98. The van der Waals surface area contributed by atoms with Crippen molar-refractivity contribution in [3.63, 3.8) is 0 Å². The molecule has 4 heterocycles. The monoisotopic (exact) mass is 486 g/mol. The van der Waals surface area contributed by atoms with Crippen LogP contribution in [0.3, 0.4) is 0 Å². The number of nitrogens with one attached hydrogen (secondary N) is 1. The third-order valence-corrected chi connectivity index (χ3v) is 6.44. The molecule has 9 nitrogen and oxygen atoms in total. The minimum atomic E-state index is -0.123. The van der Waals surface area contributed by atoms with E-state index in [0.29, 0.717) is 44.1 Å². The van der Waals surface area contributed by atoms with E-state index in [-0.39, 0.29) is 12.0 Å². The van der Waals surface area contributed by atoms with Crippen molar-refractivity contribution in [1.29, 1.82) is 0 Å². The molecule has 2 aliphatic heterocycles. The number of fused-ring (bicyclic) bond motifs is 1. The number of piperazine rings is 1. The number of pyridine rings is 1. The molecule has 0 radical (unpaired) electrons. The summed E-state index contributed by atoms with van der Waals surface area (Å²) in [5.74, 6) is 7.52. The average molecular weight is 487 g/mol. The van der Waals surface area contributed by atoms with Crippen LogP contribution in [0.25, 0.3) is 11.0 Å². The van der Waals surface area contributed by atoms with Gasteiger partial charge in [-0.2, -0.15) is 0 Å². The number of carbonyl (C=O) groups is 1. The van der Waals surface area contributed by atoms with Crippen LogP contribution in [0.5, 0.6) is 5.75 Å². The number of hydrogen-bond donors (Lipinski definition) is 1. The van der Waals surface area contributed by atoms with Crippen molar-refractivity contribution >= 4 is 34.3 Å². The van der Waals surface area contributed by atoms with Gasteiger partial charge < -0.3 is 24.6 Å². The zero-order valence-corrected chi connectivity index (χ0v) is 20.7. The Hall–Kier alpha value is -3.90. The number of ether oxygens (including phenoxy) is 2. The van der Waals surface area contributed by atoms with Crippen molar-refractivity contribution in [2.75, 3.05) is 49.6 Å². The molecule has 2 aromatic heterocycles. The van der Waals surface area contributed by atoms with Crippen LogP contribution in [-0.2, 0) is 9.53 Å². The molecule has 0 saturated carbocycles. The van der Waals surface area contributed by atoms with Gasteiger partial charge in [0.1, 0.15) is 29.5 Å². The summed E-state index contributed by atoms with van der Waals surface area (Å²) in [4.78, 5) is 29.8. The third kappa shape index (κ3) is 5.34. The van der Waals surface area contributed by atoms with Crippen LogP contribution < -0.4 is 15.0 Å². The van der Waals surface area contributed by atoms with Crippen LogP contribution in [0.1, 0.15) is 25.3 Å². The van der Waals surface area contributed by atoms with E-state index in [9.17, 15) is 4.79 Å². The first-order valence-electron chi connectivity index (χ1n) is 12.3. The van der Waals surface area contributed by atoms with Gasteiger partial charge in [0.05, 0.1) is 12.1 Å². The molecule has 1 aromatic carbocycles. The highest BCUT2D eigenvalue weighted by Crippen LogP contribution is 2.29. The molecule has 1 N–H and O–H groups in total. The number of aryl methyl sites for hydroxylation is 1. The molecule has 2 saturated heterocycles. The number of amides is 1. The van der Waals surface area contributed by atoms with E-state index >= 15 is 0 Å². The number of carbonyl (C=O) groups excluding carboxylic acids is 1. The first kappa shape index (κ1) is 23.8. The van der Waals surface area contributed by atoms with E-state index in [1.165, 1.54) is 0 Å². The van der Waals surface area contributed by atoms with Gasteiger partial charge in [-0.1, -0.05) is 5.92 Å². The number of anilines is 3. The Kier molecular flexibility index (Phi) is 7.14. The van der Waals surface area contributed by atoms with Crippen molar-refractivity contribution in [2.24, 2.45) is 0 Å². The molecule has 3 aromatic rings. The van der Waals surface area contributed by atoms with E-state index < -0.39 is 0 Å². The maximum Gasteiger partial charge on any atom is 0.298 e. The zero-order valence-electron chi connectivity index (χ0n) is 20.7. The zero-order chi connectivity index (χ0) is 24.9. The van der Waals surface area contributed by atoms with E-state index in [0.717, 1.165) is 47.8 Å². The van der Waals surface area contributed by atoms with Crippen molar-refractivity contribution in [3.05, 3.63) is 42.2 Å². The van der Waals surface area contributed by atoms with E-state index in [2.05, 4.69) is 32.0 Å². The van der Waals surface area contributed by atoms with Gasteiger partial charge in [-0.05, 0) is 68.5 Å². The molecular formula is C27H30N6O3. The predicted octanol–water partition coefficient (Wildman–Crippen LogP) is 3.31. The largest absolute Gasteiger partial charge is 0.488 e. The molecule has 1 atom stereocenters. The Balaban J connectivity index is 1.31. The molecule has 1 amide bonds. The highest BCUT2D eigenvalue weighted by molar-refractivity contribution is 5.93. The molecule has 0 bridgehead atoms. The molecule has 0 aliphatic carbocycles. The molecule has 2 fully saturated rings. The lowest BCUT2D eigenvalue weighted by Crippen LogP contribution is -2.48. The van der Waals surface area contributed by atoms with Gasteiger partial charge in [-0.3, -0.25) is 4.79 Å². The number of nitrogens with zero attached hydrogens (tertiary/aromatic N) is 5. The van der Waals surface area contributed by atoms with Crippen LogP contribution in [0.15, 0.2) is 36.7 Å². The Bertz CT molecular complexity index is 1300. The van der Waals surface area contributed by atoms with E-state index in [4.69, 9.17) is 14.5 Å². The minimum absolute atomic E-state index is 0.101. The Morgan fingerprint density at radius 3 is 2.78 bits per heavy atom. The fourth-order valence-corrected chi connectivity index (χ4v) is 4.50. The molecule has 186 valence electrons. The van der Waals surface area contributed by atoms with Crippen LogP contribution in [0.2, 0.25) is 0 Å². The first-order chi connectivity index (χ1) is 17.6. The predicted molar refractivity (Wildman–Crippen MR) is 139 cm³/mol. The van der Waals surface area contributed by atoms with E-state index in [1.807, 2.05) is 37.3 Å². The quantitative estimate of drug-likeness (QED) is 0.549. The molecule has 0 spiro atoms. The standard InChI is InChI=1S/C27H30N6O3/c1-3-5-25(34)33-13-11-32(12-14-33)24-10-8-22-26(31-24)27(29-18-28-22)30-20-7-9-23(19(2)16-20)36-21-6-4-15-35-17-21/h7-10,16,18,21H,4,6,11-15,17H2,1-2H3,(H,28,29,30)/t21-/m1/s1. The highest BCUT2D eigenvalue weighted by Gasteiger charge is 2.22. The van der Waals surface area contributed by atoms with Gasteiger partial charge in [0, 0.05) is 38.5 Å². The van der Waals surface area contributed by atoms with Gasteiger partial charge in [0.25, 0.3) is 5.91 Å². The summed E-state index contributed by atoms with van der Waals surface area (Å²) >= 11 is 0. The van der Waals surface area contributed by atoms with E-state index in [1.54, 1.807) is 18.2 Å². The first-order valence-corrected chi connectivity index (χ1v) is 12.3. The van der Waals surface area contributed by atoms with Crippen molar-refractivity contribution in [1.82, 2.24) is 19.9 Å². The second-order valence-electron chi connectivity index (χ2n) is 8.98. The molecule has 36 heavy (non-hydrogen) atoms. The molecule has 9 heteroatoms. The Labute approximate surface area is 210 Å². The summed E-state index contributed by atoms with van der Waals surface area (Å²) in [5.41, 5.74) is 3.40. The molecule has 2 aliphatic rings. The summed E-state index contributed by atoms with van der Waals surface area (Å²) < 4.78 is 11.7.